The Morgan fingerprint density at radius 2 is 2.00 bits per heavy atom. The summed E-state index contributed by atoms with van der Waals surface area (Å²) < 4.78 is 6.71. The third-order valence-corrected chi connectivity index (χ3v) is 5.39. The third kappa shape index (κ3) is 5.02. The Labute approximate surface area is 152 Å². The first-order valence-electron chi connectivity index (χ1n) is 8.57. The zero-order valence-electron chi connectivity index (χ0n) is 14.5. The molecule has 0 aliphatic heterocycles. The van der Waals surface area contributed by atoms with Crippen molar-refractivity contribution in [2.24, 2.45) is 17.8 Å². The number of ether oxygens (including phenoxy) is 1. The molecule has 0 saturated heterocycles. The van der Waals surface area contributed by atoms with Crippen LogP contribution in [0, 0.1) is 17.8 Å². The molecule has 0 amide bonds. The lowest BCUT2D eigenvalue weighted by Crippen LogP contribution is -2.38. The number of halogens is 1. The van der Waals surface area contributed by atoms with Crippen molar-refractivity contribution < 1.29 is 14.3 Å². The van der Waals surface area contributed by atoms with Crippen LogP contribution in [-0.4, -0.2) is 22.6 Å². The van der Waals surface area contributed by atoms with Crippen molar-refractivity contribution in [3.05, 3.63) is 39.8 Å². The smallest absolute Gasteiger partial charge is 0.417 e. The molecule has 1 aliphatic carbocycles. The van der Waals surface area contributed by atoms with Gasteiger partial charge >= 0.3 is 11.7 Å². The van der Waals surface area contributed by atoms with Gasteiger partial charge < -0.3 is 10.3 Å². The lowest BCUT2D eigenvalue weighted by Gasteiger charge is -2.36. The summed E-state index contributed by atoms with van der Waals surface area (Å²) in [4.78, 5) is 15.7. The predicted molar refractivity (Wildman–Crippen MR) is 97.7 cm³/mol. The van der Waals surface area contributed by atoms with E-state index in [2.05, 4.69) is 41.5 Å². The van der Waals surface area contributed by atoms with Crippen LogP contribution in [-0.2, 0) is 16.0 Å². The SMILES string of the molecule is CC(C)[C@@H]1CC[C@@H](C)C[C@H]1OC(=O)C(Cc1ccc(Br)cc1)=[N+]=[N-]. The van der Waals surface area contributed by atoms with Crippen molar-refractivity contribution in [3.63, 3.8) is 0 Å². The van der Waals surface area contributed by atoms with Crippen LogP contribution in [0.2, 0.25) is 0 Å². The Balaban J connectivity index is 2.05. The Bertz CT molecular complexity index is 621. The Morgan fingerprint density at radius 1 is 1.33 bits per heavy atom. The van der Waals surface area contributed by atoms with Crippen molar-refractivity contribution in [2.45, 2.75) is 52.6 Å². The highest BCUT2D eigenvalue weighted by Gasteiger charge is 2.35. The van der Waals surface area contributed by atoms with Crippen LogP contribution in [0.5, 0.6) is 0 Å². The fourth-order valence-corrected chi connectivity index (χ4v) is 3.66. The van der Waals surface area contributed by atoms with Crippen molar-refractivity contribution in [1.82, 2.24) is 0 Å². The maximum absolute atomic E-state index is 12.5. The highest BCUT2D eigenvalue weighted by atomic mass is 79.9. The molecule has 0 N–H and O–H groups in total. The molecule has 0 radical (unpaired) electrons. The van der Waals surface area contributed by atoms with E-state index in [4.69, 9.17) is 4.74 Å². The number of hydrogen-bond acceptors (Lipinski definition) is 2. The molecular weight excluding hydrogens is 368 g/mol. The molecule has 5 heteroatoms. The monoisotopic (exact) mass is 392 g/mol. The third-order valence-electron chi connectivity index (χ3n) is 4.86. The largest absolute Gasteiger partial charge is 0.453 e. The van der Waals surface area contributed by atoms with Crippen LogP contribution >= 0.6 is 15.9 Å². The van der Waals surface area contributed by atoms with Gasteiger partial charge in [0.1, 0.15) is 6.10 Å². The van der Waals surface area contributed by atoms with Crippen molar-refractivity contribution in [1.29, 1.82) is 0 Å². The normalized spacial score (nSPS) is 23.6. The molecule has 1 aliphatic rings. The van der Waals surface area contributed by atoms with Gasteiger partial charge in [0.25, 0.3) is 0 Å². The second kappa shape index (κ2) is 8.59. The van der Waals surface area contributed by atoms with Gasteiger partial charge in [0.2, 0.25) is 0 Å². The van der Waals surface area contributed by atoms with E-state index in [-0.39, 0.29) is 18.2 Å². The van der Waals surface area contributed by atoms with Crippen molar-refractivity contribution in [2.75, 3.05) is 0 Å². The number of esters is 1. The first-order chi connectivity index (χ1) is 11.4. The molecule has 0 heterocycles. The second-order valence-electron chi connectivity index (χ2n) is 7.12. The summed E-state index contributed by atoms with van der Waals surface area (Å²) in [5.41, 5.74) is 10.2. The van der Waals surface area contributed by atoms with Crippen LogP contribution in [0.1, 0.15) is 45.6 Å². The zero-order valence-corrected chi connectivity index (χ0v) is 16.1. The van der Waals surface area contributed by atoms with Gasteiger partial charge in [0.15, 0.2) is 0 Å². The van der Waals surface area contributed by atoms with E-state index in [1.807, 2.05) is 24.3 Å². The fraction of sp³-hybridized carbons (Fsp3) is 0.579. The van der Waals surface area contributed by atoms with Gasteiger partial charge in [-0.2, -0.15) is 4.79 Å². The summed E-state index contributed by atoms with van der Waals surface area (Å²) in [6.45, 7) is 6.54. The molecule has 1 aromatic carbocycles. The van der Waals surface area contributed by atoms with Gasteiger partial charge in [0, 0.05) is 4.47 Å². The lowest BCUT2D eigenvalue weighted by atomic mass is 9.75. The molecule has 24 heavy (non-hydrogen) atoms. The molecule has 3 atom stereocenters. The molecule has 1 aromatic rings. The van der Waals surface area contributed by atoms with Crippen LogP contribution in [0.25, 0.3) is 5.53 Å². The van der Waals surface area contributed by atoms with E-state index < -0.39 is 5.97 Å². The summed E-state index contributed by atoms with van der Waals surface area (Å²) in [6.07, 6.45) is 3.30. The summed E-state index contributed by atoms with van der Waals surface area (Å²) >= 11 is 3.38. The highest BCUT2D eigenvalue weighted by molar-refractivity contribution is 9.10. The van der Waals surface area contributed by atoms with Crippen LogP contribution in [0.4, 0.5) is 0 Å². The van der Waals surface area contributed by atoms with E-state index >= 15 is 0 Å². The van der Waals surface area contributed by atoms with Gasteiger partial charge in [-0.1, -0.05) is 55.3 Å². The van der Waals surface area contributed by atoms with Gasteiger partial charge in [-0.05, 0) is 48.3 Å². The molecule has 0 spiro atoms. The van der Waals surface area contributed by atoms with Gasteiger partial charge in [-0.25, -0.2) is 4.79 Å². The molecule has 130 valence electrons. The van der Waals surface area contributed by atoms with Crippen molar-refractivity contribution >= 4 is 27.6 Å². The number of carbonyl (C=O) groups is 1. The molecule has 0 aromatic heterocycles. The Morgan fingerprint density at radius 3 is 2.58 bits per heavy atom. The predicted octanol–water partition coefficient (Wildman–Crippen LogP) is 4.67. The van der Waals surface area contributed by atoms with Crippen LogP contribution in [0.3, 0.4) is 0 Å². The van der Waals surface area contributed by atoms with Crippen LogP contribution < -0.4 is 0 Å². The summed E-state index contributed by atoms with van der Waals surface area (Å²) in [7, 11) is 0. The summed E-state index contributed by atoms with van der Waals surface area (Å²) in [6, 6.07) is 7.57. The molecule has 4 nitrogen and oxygen atoms in total. The standard InChI is InChI=1S/C19H25BrN2O2/c1-12(2)16-9-4-13(3)10-18(16)24-19(23)17(22-21)11-14-5-7-15(20)8-6-14/h5-8,12-13,16,18H,4,9-11H2,1-3H3/t13-,16+,18-/m1/s1. The van der Waals surface area contributed by atoms with Crippen molar-refractivity contribution in [3.8, 4) is 0 Å². The zero-order chi connectivity index (χ0) is 17.7. The summed E-state index contributed by atoms with van der Waals surface area (Å²) in [5, 5.41) is 0. The number of rotatable bonds is 5. The molecule has 2 rings (SSSR count). The highest BCUT2D eigenvalue weighted by Crippen LogP contribution is 2.35. The second-order valence-corrected chi connectivity index (χ2v) is 8.04. The lowest BCUT2D eigenvalue weighted by molar-refractivity contribution is -0.152. The van der Waals surface area contributed by atoms with Gasteiger partial charge in [0.05, 0.1) is 6.42 Å². The topological polar surface area (TPSA) is 62.7 Å². The molecular formula is C19H25BrN2O2. The van der Waals surface area contributed by atoms with E-state index in [9.17, 15) is 10.3 Å². The summed E-state index contributed by atoms with van der Waals surface area (Å²) in [5.74, 6) is 0.887. The Kier molecular flexibility index (Phi) is 6.76. The quantitative estimate of drug-likeness (QED) is 0.316. The van der Waals surface area contributed by atoms with Gasteiger partial charge in [-0.15, -0.1) is 0 Å². The van der Waals surface area contributed by atoms with E-state index in [1.165, 1.54) is 6.42 Å². The number of hydrogen-bond donors (Lipinski definition) is 0. The molecule has 0 bridgehead atoms. The molecule has 0 unspecified atom stereocenters. The molecule has 1 saturated carbocycles. The van der Waals surface area contributed by atoms with E-state index in [0.29, 0.717) is 17.8 Å². The number of nitrogens with zero attached hydrogens (tertiary/aromatic N) is 2. The Hall–Kier alpha value is -1.45. The van der Waals surface area contributed by atoms with E-state index in [1.54, 1.807) is 0 Å². The minimum absolute atomic E-state index is 0.0538. The van der Waals surface area contributed by atoms with Gasteiger partial charge in [-0.3, -0.25) is 0 Å². The number of carbonyl (C=O) groups excluding carboxylic acids is 1. The average molecular weight is 393 g/mol. The first-order valence-corrected chi connectivity index (χ1v) is 9.36. The average Bonchev–Trinajstić information content (AvgIpc) is 2.54. The van der Waals surface area contributed by atoms with Crippen LogP contribution in [0.15, 0.2) is 28.7 Å². The first kappa shape index (κ1) is 18.9. The molecule has 1 fully saturated rings. The minimum Gasteiger partial charge on any atom is -0.453 e. The van der Waals surface area contributed by atoms with E-state index in [0.717, 1.165) is 22.9 Å². The maximum atomic E-state index is 12.5. The minimum atomic E-state index is -0.509. The fourth-order valence-electron chi connectivity index (χ4n) is 3.40. The number of benzene rings is 1. The maximum Gasteiger partial charge on any atom is 0.417 e.